The molecule has 1 rings (SSSR count). The number of benzene rings is 1. The van der Waals surface area contributed by atoms with Gasteiger partial charge < -0.3 is 10.2 Å². The van der Waals surface area contributed by atoms with Crippen molar-refractivity contribution in [3.63, 3.8) is 0 Å². The van der Waals surface area contributed by atoms with Gasteiger partial charge in [0, 0.05) is 24.8 Å². The van der Waals surface area contributed by atoms with Crippen molar-refractivity contribution in [2.45, 2.75) is 66.5 Å². The number of nitrogens with one attached hydrogen (secondary N) is 1. The highest BCUT2D eigenvalue weighted by molar-refractivity contribution is 5.51. The molecule has 0 aliphatic rings. The summed E-state index contributed by atoms with van der Waals surface area (Å²) in [4.78, 5) is 2.56. The lowest BCUT2D eigenvalue weighted by molar-refractivity contribution is 0.595. The molecule has 0 aliphatic heterocycles. The molecule has 0 aromatic heterocycles. The van der Waals surface area contributed by atoms with Gasteiger partial charge >= 0.3 is 0 Å². The molecule has 2 heteroatoms. The normalized spacial score (nSPS) is 12.4. The summed E-state index contributed by atoms with van der Waals surface area (Å²) in [6.45, 7) is 14.4. The summed E-state index contributed by atoms with van der Waals surface area (Å²) in [5.74, 6) is 0. The maximum atomic E-state index is 3.41. The van der Waals surface area contributed by atoms with Crippen molar-refractivity contribution in [2.75, 3.05) is 18.0 Å². The Morgan fingerprint density at radius 3 is 2.50 bits per heavy atom. The molecule has 0 aliphatic carbocycles. The third-order valence-corrected chi connectivity index (χ3v) is 4.10. The van der Waals surface area contributed by atoms with Gasteiger partial charge in [-0.1, -0.05) is 33.3 Å². The minimum absolute atomic E-state index is 0.612. The van der Waals surface area contributed by atoms with Crippen LogP contribution in [0.5, 0.6) is 0 Å². The van der Waals surface area contributed by atoms with E-state index in [9.17, 15) is 0 Å². The monoisotopic (exact) mass is 276 g/mol. The lowest BCUT2D eigenvalue weighted by Gasteiger charge is -2.31. The molecule has 0 bridgehead atoms. The van der Waals surface area contributed by atoms with E-state index < -0.39 is 0 Å². The van der Waals surface area contributed by atoms with Crippen LogP contribution in [-0.2, 0) is 6.54 Å². The number of aryl methyl sites for hydroxylation is 1. The molecular weight excluding hydrogens is 244 g/mol. The van der Waals surface area contributed by atoms with Crippen LogP contribution in [0, 0.1) is 6.92 Å². The Labute approximate surface area is 125 Å². The molecule has 0 saturated heterocycles. The van der Waals surface area contributed by atoms with E-state index in [0.717, 1.165) is 19.6 Å². The van der Waals surface area contributed by atoms with Crippen molar-refractivity contribution in [3.05, 3.63) is 29.3 Å². The van der Waals surface area contributed by atoms with E-state index in [0.29, 0.717) is 6.04 Å². The molecular formula is C18H32N2. The Morgan fingerprint density at radius 1 is 1.20 bits per heavy atom. The predicted octanol–water partition coefficient (Wildman–Crippen LogP) is 4.51. The van der Waals surface area contributed by atoms with E-state index in [1.54, 1.807) is 0 Å². The Morgan fingerprint density at radius 2 is 1.95 bits per heavy atom. The van der Waals surface area contributed by atoms with Crippen LogP contribution in [0.1, 0.15) is 58.1 Å². The molecule has 0 amide bonds. The summed E-state index contributed by atoms with van der Waals surface area (Å²) in [5, 5.41) is 3.41. The standard InChI is InChI=1S/C18H32N2/c1-6-9-12-20(16(5)7-2)18-11-10-17(14-19-8-3)15(4)13-18/h10-11,13,16,19H,6-9,12,14H2,1-5H3. The molecule has 1 N–H and O–H groups in total. The fourth-order valence-electron chi connectivity index (χ4n) is 2.47. The second kappa shape index (κ2) is 9.02. The first-order valence-electron chi connectivity index (χ1n) is 8.20. The van der Waals surface area contributed by atoms with Crippen molar-refractivity contribution in [2.24, 2.45) is 0 Å². The second-order valence-corrected chi connectivity index (χ2v) is 5.70. The average Bonchev–Trinajstić information content (AvgIpc) is 2.46. The van der Waals surface area contributed by atoms with E-state index in [4.69, 9.17) is 0 Å². The highest BCUT2D eigenvalue weighted by Crippen LogP contribution is 2.23. The third-order valence-electron chi connectivity index (χ3n) is 4.10. The molecule has 0 radical (unpaired) electrons. The van der Waals surface area contributed by atoms with Crippen molar-refractivity contribution in [3.8, 4) is 0 Å². The Kier molecular flexibility index (Phi) is 7.68. The number of unbranched alkanes of at least 4 members (excludes halogenated alkanes) is 1. The molecule has 114 valence electrons. The van der Waals surface area contributed by atoms with E-state index in [1.807, 2.05) is 0 Å². The van der Waals surface area contributed by atoms with Gasteiger partial charge in [-0.05, 0) is 56.5 Å². The Hall–Kier alpha value is -1.02. The maximum absolute atomic E-state index is 3.41. The minimum atomic E-state index is 0.612. The Bertz CT molecular complexity index is 387. The van der Waals surface area contributed by atoms with Gasteiger partial charge in [-0.15, -0.1) is 0 Å². The van der Waals surface area contributed by atoms with Crippen molar-refractivity contribution in [1.82, 2.24) is 5.32 Å². The van der Waals surface area contributed by atoms with Crippen LogP contribution in [0.2, 0.25) is 0 Å². The van der Waals surface area contributed by atoms with E-state index in [1.165, 1.54) is 36.1 Å². The molecule has 1 atom stereocenters. The van der Waals surface area contributed by atoms with Gasteiger partial charge in [0.2, 0.25) is 0 Å². The van der Waals surface area contributed by atoms with Crippen LogP contribution in [0.25, 0.3) is 0 Å². The molecule has 0 saturated carbocycles. The SMILES string of the molecule is CCCCN(c1ccc(CNCC)c(C)c1)C(C)CC. The van der Waals surface area contributed by atoms with Crippen LogP contribution in [-0.4, -0.2) is 19.1 Å². The number of nitrogens with zero attached hydrogens (tertiary/aromatic N) is 1. The number of anilines is 1. The first kappa shape index (κ1) is 17.0. The summed E-state index contributed by atoms with van der Waals surface area (Å²) >= 11 is 0. The number of hydrogen-bond donors (Lipinski definition) is 1. The Balaban J connectivity index is 2.87. The van der Waals surface area contributed by atoms with Crippen LogP contribution < -0.4 is 10.2 Å². The van der Waals surface area contributed by atoms with Gasteiger partial charge in [0.25, 0.3) is 0 Å². The summed E-state index contributed by atoms with van der Waals surface area (Å²) in [7, 11) is 0. The van der Waals surface area contributed by atoms with Gasteiger partial charge in [0.05, 0.1) is 0 Å². The fourth-order valence-corrected chi connectivity index (χ4v) is 2.47. The number of hydrogen-bond acceptors (Lipinski definition) is 2. The van der Waals surface area contributed by atoms with Gasteiger partial charge in [-0.3, -0.25) is 0 Å². The van der Waals surface area contributed by atoms with Gasteiger partial charge in [0.15, 0.2) is 0 Å². The molecule has 20 heavy (non-hydrogen) atoms. The van der Waals surface area contributed by atoms with Crippen LogP contribution in [0.15, 0.2) is 18.2 Å². The first-order chi connectivity index (χ1) is 9.63. The zero-order valence-electron chi connectivity index (χ0n) is 14.0. The lowest BCUT2D eigenvalue weighted by Crippen LogP contribution is -2.33. The van der Waals surface area contributed by atoms with Crippen molar-refractivity contribution >= 4 is 5.69 Å². The summed E-state index contributed by atoms with van der Waals surface area (Å²) in [6.07, 6.45) is 3.72. The van der Waals surface area contributed by atoms with Crippen LogP contribution in [0.3, 0.4) is 0 Å². The molecule has 1 aromatic rings. The molecule has 0 fully saturated rings. The quantitative estimate of drug-likeness (QED) is 0.714. The van der Waals surface area contributed by atoms with E-state index in [-0.39, 0.29) is 0 Å². The maximum Gasteiger partial charge on any atom is 0.0371 e. The number of rotatable bonds is 9. The molecule has 1 aromatic carbocycles. The highest BCUT2D eigenvalue weighted by Gasteiger charge is 2.13. The average molecular weight is 276 g/mol. The highest BCUT2D eigenvalue weighted by atomic mass is 15.2. The van der Waals surface area contributed by atoms with Crippen LogP contribution >= 0.6 is 0 Å². The summed E-state index contributed by atoms with van der Waals surface area (Å²) < 4.78 is 0. The predicted molar refractivity (Wildman–Crippen MR) is 90.6 cm³/mol. The largest absolute Gasteiger partial charge is 0.369 e. The molecule has 1 unspecified atom stereocenters. The van der Waals surface area contributed by atoms with E-state index >= 15 is 0 Å². The molecule has 2 nitrogen and oxygen atoms in total. The van der Waals surface area contributed by atoms with Gasteiger partial charge in [0.1, 0.15) is 0 Å². The van der Waals surface area contributed by atoms with Crippen molar-refractivity contribution in [1.29, 1.82) is 0 Å². The zero-order chi connectivity index (χ0) is 15.0. The second-order valence-electron chi connectivity index (χ2n) is 5.70. The summed E-state index contributed by atoms with van der Waals surface area (Å²) in [5.41, 5.74) is 4.19. The topological polar surface area (TPSA) is 15.3 Å². The molecule has 0 spiro atoms. The van der Waals surface area contributed by atoms with E-state index in [2.05, 4.69) is 63.0 Å². The van der Waals surface area contributed by atoms with Crippen molar-refractivity contribution < 1.29 is 0 Å². The fraction of sp³-hybridized carbons (Fsp3) is 0.667. The zero-order valence-corrected chi connectivity index (χ0v) is 14.0. The third kappa shape index (κ3) is 4.82. The minimum Gasteiger partial charge on any atom is -0.369 e. The van der Waals surface area contributed by atoms with Gasteiger partial charge in [-0.25, -0.2) is 0 Å². The molecule has 0 heterocycles. The smallest absolute Gasteiger partial charge is 0.0371 e. The van der Waals surface area contributed by atoms with Crippen LogP contribution in [0.4, 0.5) is 5.69 Å². The van der Waals surface area contributed by atoms with Gasteiger partial charge in [-0.2, -0.15) is 0 Å². The summed E-state index contributed by atoms with van der Waals surface area (Å²) in [6, 6.07) is 7.55. The first-order valence-corrected chi connectivity index (χ1v) is 8.20. The lowest BCUT2D eigenvalue weighted by atomic mass is 10.1.